The first kappa shape index (κ1) is 19.4. The number of carbonyl (C=O) groups is 1. The molecule has 2 rings (SSSR count). The van der Waals surface area contributed by atoms with E-state index in [0.717, 1.165) is 12.0 Å². The summed E-state index contributed by atoms with van der Waals surface area (Å²) in [5.74, 6) is -1.11. The van der Waals surface area contributed by atoms with Crippen molar-refractivity contribution in [3.8, 4) is 0 Å². The van der Waals surface area contributed by atoms with Crippen LogP contribution in [-0.2, 0) is 15.5 Å². The number of rotatable bonds is 9. The van der Waals surface area contributed by atoms with Gasteiger partial charge in [0.1, 0.15) is 6.04 Å². The van der Waals surface area contributed by atoms with E-state index in [-0.39, 0.29) is 18.5 Å². The maximum absolute atomic E-state index is 12.5. The van der Waals surface area contributed by atoms with E-state index in [1.165, 1.54) is 0 Å². The van der Waals surface area contributed by atoms with Crippen LogP contribution in [0.3, 0.4) is 0 Å². The number of hydrogen-bond acceptors (Lipinski definition) is 2. The molecule has 0 aliphatic rings. The molecule has 0 aromatic heterocycles. The third kappa shape index (κ3) is 6.13. The summed E-state index contributed by atoms with van der Waals surface area (Å²) in [6.45, 7) is 1.99. The van der Waals surface area contributed by atoms with Crippen LogP contribution in [0.15, 0.2) is 60.7 Å². The number of hydrogen-bond donors (Lipinski definition) is 3. The summed E-state index contributed by atoms with van der Waals surface area (Å²) in [6.07, 6.45) is 0.915. The summed E-state index contributed by atoms with van der Waals surface area (Å²) in [6, 6.07) is 17.4. The van der Waals surface area contributed by atoms with Crippen LogP contribution >= 0.6 is 7.52 Å². The van der Waals surface area contributed by atoms with Crippen molar-refractivity contribution in [3.05, 3.63) is 71.8 Å². The number of carboxylic acids is 1. The van der Waals surface area contributed by atoms with Crippen molar-refractivity contribution in [1.82, 2.24) is 5.09 Å². The van der Waals surface area contributed by atoms with E-state index in [0.29, 0.717) is 5.56 Å². The zero-order valence-electron chi connectivity index (χ0n) is 14.2. The topological polar surface area (TPSA) is 86.6 Å². The highest BCUT2D eigenvalue weighted by Crippen LogP contribution is 2.41. The number of carboxylic acid groups (broad SMARTS) is 1. The fraction of sp³-hybridized carbons (Fsp3) is 0.316. The first-order chi connectivity index (χ1) is 11.9. The molecular formula is C19H24NO4P. The molecule has 6 heteroatoms. The van der Waals surface area contributed by atoms with Crippen molar-refractivity contribution in [2.75, 3.05) is 0 Å². The molecule has 0 spiro atoms. The van der Waals surface area contributed by atoms with Crippen LogP contribution < -0.4 is 5.09 Å². The van der Waals surface area contributed by atoms with Gasteiger partial charge in [-0.25, -0.2) is 5.09 Å². The minimum atomic E-state index is -3.81. The van der Waals surface area contributed by atoms with E-state index in [2.05, 4.69) is 5.09 Å². The molecule has 0 fully saturated rings. The standard InChI is InChI=1S/C19H24NO4P/c1-2-16(17-11-7-4-8-12-17)13-18(19(21)22)20-25(23,24)14-15-9-5-3-6-10-15/h3-12,16,18H,2,13-14H2,1H3,(H,21,22)(H2,20,23,24). The summed E-state index contributed by atoms with van der Waals surface area (Å²) in [4.78, 5) is 21.8. The maximum atomic E-state index is 12.5. The van der Waals surface area contributed by atoms with Crippen LogP contribution in [-0.4, -0.2) is 22.0 Å². The zero-order chi connectivity index (χ0) is 18.3. The van der Waals surface area contributed by atoms with Gasteiger partial charge in [0.15, 0.2) is 0 Å². The molecule has 2 aromatic carbocycles. The van der Waals surface area contributed by atoms with Gasteiger partial charge >= 0.3 is 5.97 Å². The second-order valence-electron chi connectivity index (χ2n) is 6.12. The summed E-state index contributed by atoms with van der Waals surface area (Å²) in [5.41, 5.74) is 1.73. The molecule has 25 heavy (non-hydrogen) atoms. The Morgan fingerprint density at radius 3 is 2.16 bits per heavy atom. The van der Waals surface area contributed by atoms with Gasteiger partial charge in [0.05, 0.1) is 6.16 Å². The number of aliphatic carboxylic acids is 1. The predicted octanol–water partition coefficient (Wildman–Crippen LogP) is 4.00. The van der Waals surface area contributed by atoms with Crippen molar-refractivity contribution in [2.45, 2.75) is 37.9 Å². The molecule has 5 nitrogen and oxygen atoms in total. The number of nitrogens with one attached hydrogen (secondary N) is 1. The Labute approximate surface area is 148 Å². The van der Waals surface area contributed by atoms with Gasteiger partial charge in [-0.05, 0) is 29.9 Å². The Bertz CT molecular complexity index is 721. The SMILES string of the molecule is CCC(CC(NP(=O)(O)Cc1ccccc1)C(=O)O)c1ccccc1. The quantitative estimate of drug-likeness (QED) is 0.588. The highest BCUT2D eigenvalue weighted by atomic mass is 31.2. The smallest absolute Gasteiger partial charge is 0.321 e. The first-order valence-electron chi connectivity index (χ1n) is 8.32. The Hall–Kier alpha value is -1.94. The summed E-state index contributed by atoms with van der Waals surface area (Å²) in [7, 11) is -3.81. The van der Waals surface area contributed by atoms with Crippen molar-refractivity contribution >= 4 is 13.5 Å². The van der Waals surface area contributed by atoms with E-state index in [1.54, 1.807) is 24.3 Å². The molecule has 3 N–H and O–H groups in total. The van der Waals surface area contributed by atoms with E-state index in [4.69, 9.17) is 0 Å². The van der Waals surface area contributed by atoms with Crippen LogP contribution in [0.4, 0.5) is 0 Å². The molecule has 0 saturated heterocycles. The minimum absolute atomic E-state index is 0.00604. The van der Waals surface area contributed by atoms with Crippen LogP contribution in [0, 0.1) is 0 Å². The van der Waals surface area contributed by atoms with E-state index >= 15 is 0 Å². The third-order valence-electron chi connectivity index (χ3n) is 4.18. The van der Waals surface area contributed by atoms with Gasteiger partial charge < -0.3 is 10.00 Å². The van der Waals surface area contributed by atoms with Crippen molar-refractivity contribution < 1.29 is 19.4 Å². The van der Waals surface area contributed by atoms with Crippen molar-refractivity contribution in [2.24, 2.45) is 0 Å². The molecule has 0 aliphatic heterocycles. The normalized spacial score (nSPS) is 15.9. The van der Waals surface area contributed by atoms with Gasteiger partial charge in [0.25, 0.3) is 7.52 Å². The molecular weight excluding hydrogens is 337 g/mol. The molecule has 134 valence electrons. The molecule has 2 aromatic rings. The lowest BCUT2D eigenvalue weighted by atomic mass is 9.90. The largest absolute Gasteiger partial charge is 0.480 e. The molecule has 0 radical (unpaired) electrons. The fourth-order valence-corrected chi connectivity index (χ4v) is 4.38. The lowest BCUT2D eigenvalue weighted by molar-refractivity contribution is -0.139. The van der Waals surface area contributed by atoms with E-state index in [9.17, 15) is 19.4 Å². The highest BCUT2D eigenvalue weighted by Gasteiger charge is 2.30. The molecule has 0 amide bonds. The molecule has 0 aliphatic carbocycles. The Balaban J connectivity index is 2.09. The average molecular weight is 361 g/mol. The molecule has 0 saturated carbocycles. The Kier molecular flexibility index (Phi) is 6.94. The van der Waals surface area contributed by atoms with Gasteiger partial charge in [-0.15, -0.1) is 0 Å². The van der Waals surface area contributed by atoms with Crippen LogP contribution in [0.1, 0.15) is 36.8 Å². The molecule has 3 atom stereocenters. The molecule has 0 heterocycles. The van der Waals surface area contributed by atoms with Gasteiger partial charge in [-0.2, -0.15) is 0 Å². The van der Waals surface area contributed by atoms with Crippen LogP contribution in [0.2, 0.25) is 0 Å². The second-order valence-corrected chi connectivity index (χ2v) is 8.09. The average Bonchev–Trinajstić information content (AvgIpc) is 2.59. The lowest BCUT2D eigenvalue weighted by Crippen LogP contribution is -2.36. The summed E-state index contributed by atoms with van der Waals surface area (Å²) < 4.78 is 12.5. The zero-order valence-corrected chi connectivity index (χ0v) is 15.1. The van der Waals surface area contributed by atoms with Gasteiger partial charge in [0.2, 0.25) is 0 Å². The first-order valence-corrected chi connectivity index (χ1v) is 10.2. The Morgan fingerprint density at radius 2 is 1.64 bits per heavy atom. The number of benzene rings is 2. The predicted molar refractivity (Wildman–Crippen MR) is 98.6 cm³/mol. The monoisotopic (exact) mass is 361 g/mol. The van der Waals surface area contributed by atoms with Crippen LogP contribution in [0.25, 0.3) is 0 Å². The second kappa shape index (κ2) is 8.95. The molecule has 3 unspecified atom stereocenters. The maximum Gasteiger partial charge on any atom is 0.321 e. The van der Waals surface area contributed by atoms with E-state index in [1.807, 2.05) is 43.3 Å². The van der Waals surface area contributed by atoms with Crippen molar-refractivity contribution in [3.63, 3.8) is 0 Å². The minimum Gasteiger partial charge on any atom is -0.480 e. The fourth-order valence-electron chi connectivity index (χ4n) is 2.88. The summed E-state index contributed by atoms with van der Waals surface area (Å²) >= 11 is 0. The van der Waals surface area contributed by atoms with Gasteiger partial charge in [-0.1, -0.05) is 67.6 Å². The van der Waals surface area contributed by atoms with Gasteiger partial charge in [-0.3, -0.25) is 9.36 Å². The lowest BCUT2D eigenvalue weighted by Gasteiger charge is -2.23. The third-order valence-corrected chi connectivity index (χ3v) is 5.69. The summed E-state index contributed by atoms with van der Waals surface area (Å²) in [5, 5.41) is 12.0. The van der Waals surface area contributed by atoms with E-state index < -0.39 is 19.5 Å². The molecule has 0 bridgehead atoms. The Morgan fingerprint density at radius 1 is 1.08 bits per heavy atom. The van der Waals surface area contributed by atoms with Crippen molar-refractivity contribution in [1.29, 1.82) is 0 Å². The highest BCUT2D eigenvalue weighted by molar-refractivity contribution is 7.55. The van der Waals surface area contributed by atoms with Crippen LogP contribution in [0.5, 0.6) is 0 Å². The van der Waals surface area contributed by atoms with Gasteiger partial charge in [0, 0.05) is 0 Å².